The van der Waals surface area contributed by atoms with Crippen molar-refractivity contribution in [1.29, 1.82) is 0 Å². The molecule has 0 aliphatic rings. The second-order valence-corrected chi connectivity index (χ2v) is 6.35. The van der Waals surface area contributed by atoms with Gasteiger partial charge in [0.15, 0.2) is 5.76 Å². The minimum Gasteiger partial charge on any atom is -0.497 e. The Morgan fingerprint density at radius 2 is 2.00 bits per heavy atom. The van der Waals surface area contributed by atoms with Gasteiger partial charge in [-0.25, -0.2) is 0 Å². The molecule has 0 radical (unpaired) electrons. The van der Waals surface area contributed by atoms with Crippen molar-refractivity contribution >= 4 is 34.1 Å². The lowest BCUT2D eigenvalue weighted by Gasteiger charge is -2.04. The van der Waals surface area contributed by atoms with Crippen molar-refractivity contribution in [3.8, 4) is 17.0 Å². The monoisotopic (exact) mass is 365 g/mol. The molecule has 26 heavy (non-hydrogen) atoms. The topological polar surface area (TPSA) is 77.2 Å². The van der Waals surface area contributed by atoms with Gasteiger partial charge in [0.2, 0.25) is 0 Å². The number of hydrogen-bond donors (Lipinski definition) is 1. The normalized spacial score (nSPS) is 10.8. The molecule has 2 aromatic heterocycles. The van der Waals surface area contributed by atoms with Gasteiger partial charge in [0.1, 0.15) is 17.0 Å². The summed E-state index contributed by atoms with van der Waals surface area (Å²) in [6.45, 7) is 1.86. The van der Waals surface area contributed by atoms with Crippen LogP contribution < -0.4 is 10.1 Å². The van der Waals surface area contributed by atoms with Crippen molar-refractivity contribution in [2.24, 2.45) is 0 Å². The van der Waals surface area contributed by atoms with E-state index in [1.807, 2.05) is 42.6 Å². The van der Waals surface area contributed by atoms with Crippen LogP contribution in [0.5, 0.6) is 5.75 Å². The van der Waals surface area contributed by atoms with Crippen LogP contribution in [0, 0.1) is 6.92 Å². The summed E-state index contributed by atoms with van der Waals surface area (Å²) in [6, 6.07) is 12.9. The van der Waals surface area contributed by atoms with E-state index in [2.05, 4.69) is 14.9 Å². The standard InChI is InChI=1S/C19H15N3O3S/c1-11-15-9-14(24-2)7-8-17(15)25-18(11)19(23)20-13-5-3-12(4-6-13)16-10-26-22-21-16/h3-10H,1-2H3,(H,20,23). The zero-order valence-corrected chi connectivity index (χ0v) is 15.0. The quantitative estimate of drug-likeness (QED) is 0.575. The predicted octanol–water partition coefficient (Wildman–Crippen LogP) is 4.52. The molecule has 7 heteroatoms. The first-order chi connectivity index (χ1) is 12.7. The predicted molar refractivity (Wildman–Crippen MR) is 101 cm³/mol. The number of hydrogen-bond acceptors (Lipinski definition) is 6. The lowest BCUT2D eigenvalue weighted by molar-refractivity contribution is 0.0998. The fraction of sp³-hybridized carbons (Fsp3) is 0.105. The maximum atomic E-state index is 12.6. The van der Waals surface area contributed by atoms with Crippen LogP contribution in [0.15, 0.2) is 52.3 Å². The van der Waals surface area contributed by atoms with Crippen LogP contribution >= 0.6 is 11.5 Å². The number of carbonyl (C=O) groups is 1. The minimum atomic E-state index is -0.291. The highest BCUT2D eigenvalue weighted by Gasteiger charge is 2.18. The fourth-order valence-electron chi connectivity index (χ4n) is 2.75. The maximum absolute atomic E-state index is 12.6. The van der Waals surface area contributed by atoms with Crippen LogP contribution in [0.4, 0.5) is 5.69 Å². The second-order valence-electron chi connectivity index (χ2n) is 5.74. The number of ether oxygens (including phenoxy) is 1. The molecule has 0 bridgehead atoms. The number of anilines is 1. The number of nitrogens with zero attached hydrogens (tertiary/aromatic N) is 2. The van der Waals surface area contributed by atoms with Crippen LogP contribution in [0.25, 0.3) is 22.2 Å². The Balaban J connectivity index is 1.58. The van der Waals surface area contributed by atoms with Crippen LogP contribution in [0.2, 0.25) is 0 Å². The highest BCUT2D eigenvalue weighted by Crippen LogP contribution is 2.29. The molecule has 2 aromatic carbocycles. The van der Waals surface area contributed by atoms with Gasteiger partial charge in [-0.1, -0.05) is 16.6 Å². The number of benzene rings is 2. The molecule has 0 atom stereocenters. The fourth-order valence-corrected chi connectivity index (χ4v) is 3.21. The zero-order chi connectivity index (χ0) is 18.1. The minimum absolute atomic E-state index is 0.291. The van der Waals surface area contributed by atoms with E-state index >= 15 is 0 Å². The van der Waals surface area contributed by atoms with Gasteiger partial charge in [-0.2, -0.15) is 0 Å². The molecule has 2 heterocycles. The Kier molecular flexibility index (Phi) is 4.14. The molecule has 0 fully saturated rings. The number of nitrogens with one attached hydrogen (secondary N) is 1. The molecule has 4 aromatic rings. The Morgan fingerprint density at radius 1 is 1.19 bits per heavy atom. The van der Waals surface area contributed by atoms with Gasteiger partial charge in [0.25, 0.3) is 5.91 Å². The van der Waals surface area contributed by atoms with Gasteiger partial charge >= 0.3 is 0 Å². The molecule has 0 aliphatic carbocycles. The number of methoxy groups -OCH3 is 1. The van der Waals surface area contributed by atoms with Crippen molar-refractivity contribution in [1.82, 2.24) is 9.59 Å². The summed E-state index contributed by atoms with van der Waals surface area (Å²) < 4.78 is 14.8. The highest BCUT2D eigenvalue weighted by atomic mass is 32.1. The number of rotatable bonds is 4. The van der Waals surface area contributed by atoms with Gasteiger partial charge in [0.05, 0.1) is 7.11 Å². The van der Waals surface area contributed by atoms with Crippen LogP contribution in [0.3, 0.4) is 0 Å². The molecule has 1 N–H and O–H groups in total. The molecule has 4 rings (SSSR count). The molecule has 0 unspecified atom stereocenters. The molecule has 0 aliphatic heterocycles. The van der Waals surface area contributed by atoms with E-state index < -0.39 is 0 Å². The summed E-state index contributed by atoms with van der Waals surface area (Å²) in [5.41, 5.74) is 3.87. The molecule has 130 valence electrons. The first-order valence-electron chi connectivity index (χ1n) is 7.91. The van der Waals surface area contributed by atoms with Crippen LogP contribution in [0.1, 0.15) is 16.1 Å². The van der Waals surface area contributed by atoms with E-state index in [0.717, 1.165) is 28.0 Å². The van der Waals surface area contributed by atoms with Crippen molar-refractivity contribution in [2.75, 3.05) is 12.4 Å². The number of fused-ring (bicyclic) bond motifs is 1. The van der Waals surface area contributed by atoms with E-state index in [4.69, 9.17) is 9.15 Å². The van der Waals surface area contributed by atoms with E-state index in [9.17, 15) is 4.79 Å². The van der Waals surface area contributed by atoms with Crippen LogP contribution in [-0.4, -0.2) is 22.6 Å². The maximum Gasteiger partial charge on any atom is 0.291 e. The number of aryl methyl sites for hydroxylation is 1. The number of furan rings is 1. The lowest BCUT2D eigenvalue weighted by Crippen LogP contribution is -2.12. The van der Waals surface area contributed by atoms with E-state index in [0.29, 0.717) is 17.0 Å². The number of carbonyl (C=O) groups excluding carboxylic acids is 1. The molecular weight excluding hydrogens is 350 g/mol. The average Bonchev–Trinajstić information content (AvgIpc) is 3.31. The summed E-state index contributed by atoms with van der Waals surface area (Å²) in [7, 11) is 1.61. The summed E-state index contributed by atoms with van der Waals surface area (Å²) in [6.07, 6.45) is 0. The Bertz CT molecular complexity index is 1070. The average molecular weight is 365 g/mol. The van der Waals surface area contributed by atoms with Crippen molar-refractivity contribution in [3.63, 3.8) is 0 Å². The zero-order valence-electron chi connectivity index (χ0n) is 14.1. The van der Waals surface area contributed by atoms with Gasteiger partial charge in [0, 0.05) is 27.6 Å². The lowest BCUT2D eigenvalue weighted by atomic mass is 10.1. The summed E-state index contributed by atoms with van der Waals surface area (Å²) >= 11 is 1.30. The van der Waals surface area contributed by atoms with Crippen molar-refractivity contribution < 1.29 is 13.9 Å². The van der Waals surface area contributed by atoms with Crippen molar-refractivity contribution in [3.05, 3.63) is 59.2 Å². The molecule has 0 saturated carbocycles. The second kappa shape index (κ2) is 6.61. The Hall–Kier alpha value is -3.19. The molecular formula is C19H15N3O3S. The van der Waals surface area contributed by atoms with E-state index in [1.165, 1.54) is 11.5 Å². The first kappa shape index (κ1) is 16.3. The first-order valence-corrected chi connectivity index (χ1v) is 8.75. The summed E-state index contributed by atoms with van der Waals surface area (Å²) in [5, 5.41) is 9.63. The van der Waals surface area contributed by atoms with Gasteiger partial charge in [-0.05, 0) is 48.8 Å². The Labute approximate surface area is 153 Å². The van der Waals surface area contributed by atoms with Gasteiger partial charge in [-0.3, -0.25) is 4.79 Å². The van der Waals surface area contributed by atoms with Gasteiger partial charge in [-0.15, -0.1) is 5.10 Å². The molecule has 0 spiro atoms. The highest BCUT2D eigenvalue weighted by molar-refractivity contribution is 7.03. The van der Waals surface area contributed by atoms with Gasteiger partial charge < -0.3 is 14.5 Å². The SMILES string of the molecule is COc1ccc2oc(C(=O)Nc3ccc(-c4csnn4)cc3)c(C)c2c1. The molecule has 1 amide bonds. The third-order valence-corrected chi connectivity index (χ3v) is 4.65. The third-order valence-electron chi connectivity index (χ3n) is 4.15. The number of aromatic nitrogens is 2. The summed E-state index contributed by atoms with van der Waals surface area (Å²) in [5.74, 6) is 0.724. The van der Waals surface area contributed by atoms with E-state index in [-0.39, 0.29) is 5.91 Å². The Morgan fingerprint density at radius 3 is 2.69 bits per heavy atom. The van der Waals surface area contributed by atoms with E-state index in [1.54, 1.807) is 19.2 Å². The van der Waals surface area contributed by atoms with Crippen LogP contribution in [-0.2, 0) is 0 Å². The summed E-state index contributed by atoms with van der Waals surface area (Å²) in [4.78, 5) is 12.6. The molecule has 0 saturated heterocycles. The molecule has 6 nitrogen and oxygen atoms in total. The third kappa shape index (κ3) is 2.93. The smallest absolute Gasteiger partial charge is 0.291 e. The largest absolute Gasteiger partial charge is 0.497 e. The van der Waals surface area contributed by atoms with Crippen molar-refractivity contribution in [2.45, 2.75) is 6.92 Å². The number of amides is 1.